The van der Waals surface area contributed by atoms with E-state index in [2.05, 4.69) is 4.72 Å². The van der Waals surface area contributed by atoms with Crippen LogP contribution in [-0.4, -0.2) is 28.7 Å². The molecular weight excluding hydrogens is 350 g/mol. The first-order chi connectivity index (χ1) is 11.3. The number of methoxy groups -OCH3 is 1. The molecule has 0 aliphatic rings. The van der Waals surface area contributed by atoms with Gasteiger partial charge in [0.15, 0.2) is 0 Å². The van der Waals surface area contributed by atoms with E-state index in [0.717, 1.165) is 16.9 Å². The predicted octanol–water partition coefficient (Wildman–Crippen LogP) is 3.32. The van der Waals surface area contributed by atoms with E-state index < -0.39 is 10.0 Å². The van der Waals surface area contributed by atoms with Crippen molar-refractivity contribution in [3.63, 3.8) is 0 Å². The summed E-state index contributed by atoms with van der Waals surface area (Å²) in [7, 11) is -2.18. The number of ether oxygens (including phenoxy) is 2. The van der Waals surface area contributed by atoms with Gasteiger partial charge in [0.25, 0.3) is 0 Å². The molecule has 1 N–H and O–H groups in total. The number of halogens is 1. The third kappa shape index (κ3) is 4.41. The van der Waals surface area contributed by atoms with Gasteiger partial charge in [-0.1, -0.05) is 29.8 Å². The highest BCUT2D eigenvalue weighted by molar-refractivity contribution is 7.89. The molecule has 0 bridgehead atoms. The molecule has 2 rings (SSSR count). The zero-order valence-electron chi connectivity index (χ0n) is 13.8. The smallest absolute Gasteiger partial charge is 0.240 e. The number of sulfonamides is 1. The second kappa shape index (κ2) is 7.88. The van der Waals surface area contributed by atoms with Crippen molar-refractivity contribution in [2.45, 2.75) is 18.7 Å². The minimum absolute atomic E-state index is 0.0837. The summed E-state index contributed by atoms with van der Waals surface area (Å²) in [6.07, 6.45) is 0. The van der Waals surface area contributed by atoms with Crippen LogP contribution in [0, 0.1) is 13.8 Å². The topological polar surface area (TPSA) is 64.6 Å². The number of benzene rings is 2. The largest absolute Gasteiger partial charge is 0.495 e. The minimum Gasteiger partial charge on any atom is -0.495 e. The second-order valence-electron chi connectivity index (χ2n) is 5.26. The SMILES string of the molecule is COc1ccc(S(=O)(=O)NCCOc2c(C)cccc2C)cc1Cl. The van der Waals surface area contributed by atoms with Gasteiger partial charge >= 0.3 is 0 Å². The van der Waals surface area contributed by atoms with E-state index in [-0.39, 0.29) is 23.1 Å². The third-order valence-corrected chi connectivity index (χ3v) is 5.24. The van der Waals surface area contributed by atoms with E-state index in [1.807, 2.05) is 32.0 Å². The van der Waals surface area contributed by atoms with Gasteiger partial charge in [-0.3, -0.25) is 0 Å². The molecule has 2 aromatic rings. The molecule has 7 heteroatoms. The van der Waals surface area contributed by atoms with Crippen LogP contribution in [0.5, 0.6) is 11.5 Å². The maximum Gasteiger partial charge on any atom is 0.240 e. The van der Waals surface area contributed by atoms with Crippen molar-refractivity contribution in [1.82, 2.24) is 4.72 Å². The summed E-state index contributed by atoms with van der Waals surface area (Å²) in [6.45, 7) is 4.28. The lowest BCUT2D eigenvalue weighted by Crippen LogP contribution is -2.28. The molecule has 0 heterocycles. The highest BCUT2D eigenvalue weighted by atomic mass is 35.5. The van der Waals surface area contributed by atoms with Crippen LogP contribution in [0.25, 0.3) is 0 Å². The molecule has 0 aliphatic carbocycles. The monoisotopic (exact) mass is 369 g/mol. The number of rotatable bonds is 7. The molecule has 0 aliphatic heterocycles. The van der Waals surface area contributed by atoms with E-state index >= 15 is 0 Å². The number of hydrogen-bond donors (Lipinski definition) is 1. The minimum atomic E-state index is -3.65. The molecule has 24 heavy (non-hydrogen) atoms. The Kier molecular flexibility index (Phi) is 6.10. The molecule has 0 atom stereocenters. The summed E-state index contributed by atoms with van der Waals surface area (Å²) in [6, 6.07) is 10.2. The fourth-order valence-corrected chi connectivity index (χ4v) is 3.61. The lowest BCUT2D eigenvalue weighted by atomic mass is 10.1. The molecule has 5 nitrogen and oxygen atoms in total. The Morgan fingerprint density at radius 1 is 1.12 bits per heavy atom. The molecule has 0 unspecified atom stereocenters. The van der Waals surface area contributed by atoms with Crippen LogP contribution in [0.2, 0.25) is 5.02 Å². The zero-order chi connectivity index (χ0) is 17.7. The summed E-state index contributed by atoms with van der Waals surface area (Å²) >= 11 is 5.97. The summed E-state index contributed by atoms with van der Waals surface area (Å²) < 4.78 is 37.7. The molecule has 0 fully saturated rings. The Bertz CT molecular complexity index is 801. The van der Waals surface area contributed by atoms with Crippen LogP contribution in [0.15, 0.2) is 41.3 Å². The molecule has 130 valence electrons. The molecule has 0 saturated carbocycles. The standard InChI is InChI=1S/C17H20ClNO4S/c1-12-5-4-6-13(2)17(12)23-10-9-19-24(20,21)14-7-8-16(22-3)15(18)11-14/h4-8,11,19H,9-10H2,1-3H3. The molecule has 0 saturated heterocycles. The van der Waals surface area contributed by atoms with Crippen LogP contribution >= 0.6 is 11.6 Å². The molecule has 0 radical (unpaired) electrons. The lowest BCUT2D eigenvalue weighted by molar-refractivity contribution is 0.318. The Hall–Kier alpha value is -1.76. The van der Waals surface area contributed by atoms with Crippen LogP contribution in [0.4, 0.5) is 0 Å². The summed E-state index contributed by atoms with van der Waals surface area (Å²) in [5.74, 6) is 1.21. The van der Waals surface area contributed by atoms with Crippen LogP contribution < -0.4 is 14.2 Å². The van der Waals surface area contributed by atoms with Crippen molar-refractivity contribution in [2.75, 3.05) is 20.3 Å². The van der Waals surface area contributed by atoms with Gasteiger partial charge in [-0.2, -0.15) is 0 Å². The number of hydrogen-bond acceptors (Lipinski definition) is 4. The molecule has 0 aromatic heterocycles. The van der Waals surface area contributed by atoms with Gasteiger partial charge in [0.1, 0.15) is 18.1 Å². The second-order valence-corrected chi connectivity index (χ2v) is 7.44. The van der Waals surface area contributed by atoms with E-state index in [1.54, 1.807) is 0 Å². The third-order valence-electron chi connectivity index (χ3n) is 3.48. The van der Waals surface area contributed by atoms with Gasteiger partial charge < -0.3 is 9.47 Å². The molecular formula is C17H20ClNO4S. The van der Waals surface area contributed by atoms with Crippen molar-refractivity contribution < 1.29 is 17.9 Å². The predicted molar refractivity (Wildman–Crippen MR) is 94.6 cm³/mol. The van der Waals surface area contributed by atoms with Gasteiger partial charge in [0.2, 0.25) is 10.0 Å². The lowest BCUT2D eigenvalue weighted by Gasteiger charge is -2.13. The number of para-hydroxylation sites is 1. The quantitative estimate of drug-likeness (QED) is 0.760. The van der Waals surface area contributed by atoms with Crippen molar-refractivity contribution in [2.24, 2.45) is 0 Å². The van der Waals surface area contributed by atoms with Crippen molar-refractivity contribution >= 4 is 21.6 Å². The fraction of sp³-hybridized carbons (Fsp3) is 0.294. The number of aryl methyl sites for hydroxylation is 2. The van der Waals surface area contributed by atoms with Crippen molar-refractivity contribution in [3.05, 3.63) is 52.5 Å². The molecule has 2 aromatic carbocycles. The van der Waals surface area contributed by atoms with Gasteiger partial charge in [-0.05, 0) is 43.2 Å². The Morgan fingerprint density at radius 2 is 1.79 bits per heavy atom. The summed E-state index contributed by atoms with van der Waals surface area (Å²) in [5, 5.41) is 0.243. The van der Waals surface area contributed by atoms with E-state index in [0.29, 0.717) is 5.75 Å². The Labute approximate surface area is 147 Å². The zero-order valence-corrected chi connectivity index (χ0v) is 15.4. The summed E-state index contributed by atoms with van der Waals surface area (Å²) in [4.78, 5) is 0.0837. The average Bonchev–Trinajstić information content (AvgIpc) is 2.53. The van der Waals surface area contributed by atoms with Crippen molar-refractivity contribution in [3.8, 4) is 11.5 Å². The van der Waals surface area contributed by atoms with Gasteiger partial charge in [-0.15, -0.1) is 0 Å². The maximum atomic E-state index is 12.3. The van der Waals surface area contributed by atoms with Crippen molar-refractivity contribution in [1.29, 1.82) is 0 Å². The molecule has 0 spiro atoms. The maximum absolute atomic E-state index is 12.3. The van der Waals surface area contributed by atoms with Gasteiger partial charge in [0, 0.05) is 6.54 Å². The van der Waals surface area contributed by atoms with E-state index in [4.69, 9.17) is 21.1 Å². The highest BCUT2D eigenvalue weighted by Crippen LogP contribution is 2.27. The van der Waals surface area contributed by atoms with Crippen LogP contribution in [0.1, 0.15) is 11.1 Å². The Balaban J connectivity index is 1.97. The highest BCUT2D eigenvalue weighted by Gasteiger charge is 2.15. The first-order valence-corrected chi connectivity index (χ1v) is 9.23. The first kappa shape index (κ1) is 18.6. The van der Waals surface area contributed by atoms with E-state index in [1.165, 1.54) is 25.3 Å². The van der Waals surface area contributed by atoms with Gasteiger partial charge in [-0.25, -0.2) is 13.1 Å². The van der Waals surface area contributed by atoms with E-state index in [9.17, 15) is 8.42 Å². The first-order valence-electron chi connectivity index (χ1n) is 7.37. The van der Waals surface area contributed by atoms with Crippen LogP contribution in [-0.2, 0) is 10.0 Å². The number of nitrogens with one attached hydrogen (secondary N) is 1. The average molecular weight is 370 g/mol. The fourth-order valence-electron chi connectivity index (χ4n) is 2.25. The normalized spacial score (nSPS) is 11.3. The Morgan fingerprint density at radius 3 is 2.38 bits per heavy atom. The van der Waals surface area contributed by atoms with Gasteiger partial charge in [0.05, 0.1) is 17.0 Å². The molecule has 0 amide bonds. The summed E-state index contributed by atoms with van der Waals surface area (Å²) in [5.41, 5.74) is 2.03. The van der Waals surface area contributed by atoms with Crippen LogP contribution in [0.3, 0.4) is 0 Å².